The van der Waals surface area contributed by atoms with Crippen LogP contribution in [0.25, 0.3) is 0 Å². The number of carbonyl (C=O) groups excluding carboxylic acids is 1. The van der Waals surface area contributed by atoms with Crippen LogP contribution in [0.3, 0.4) is 0 Å². The molecule has 1 atom stereocenters. The first-order valence-electron chi connectivity index (χ1n) is 6.90. The van der Waals surface area contributed by atoms with Crippen LogP contribution in [0.2, 0.25) is 0 Å². The van der Waals surface area contributed by atoms with Gasteiger partial charge in [-0.25, -0.2) is 4.68 Å². The molecule has 2 aromatic rings. The molecule has 1 amide bonds. The number of furan rings is 1. The quantitative estimate of drug-likeness (QED) is 0.820. The number of tetrazole rings is 1. The summed E-state index contributed by atoms with van der Waals surface area (Å²) in [5.41, 5.74) is 0. The van der Waals surface area contributed by atoms with Gasteiger partial charge < -0.3 is 9.73 Å². The first-order valence-corrected chi connectivity index (χ1v) is 7.88. The van der Waals surface area contributed by atoms with Crippen LogP contribution in [0.5, 0.6) is 0 Å². The Balaban J connectivity index is 1.51. The number of aromatic nitrogens is 4. The Labute approximate surface area is 126 Å². The number of rotatable bonds is 6. The fourth-order valence-electron chi connectivity index (χ4n) is 2.00. The third-order valence-corrected chi connectivity index (χ3v) is 4.19. The van der Waals surface area contributed by atoms with Gasteiger partial charge in [-0.05, 0) is 49.2 Å². The van der Waals surface area contributed by atoms with Gasteiger partial charge in [0, 0.05) is 0 Å². The zero-order valence-corrected chi connectivity index (χ0v) is 12.8. The van der Waals surface area contributed by atoms with Crippen molar-refractivity contribution in [2.45, 2.75) is 43.9 Å². The van der Waals surface area contributed by atoms with Gasteiger partial charge in [0.1, 0.15) is 11.5 Å². The summed E-state index contributed by atoms with van der Waals surface area (Å²) in [5.74, 6) is 1.82. The van der Waals surface area contributed by atoms with Crippen LogP contribution >= 0.6 is 11.8 Å². The molecule has 1 aliphatic carbocycles. The fraction of sp³-hybridized carbons (Fsp3) is 0.538. The van der Waals surface area contributed by atoms with Gasteiger partial charge >= 0.3 is 0 Å². The van der Waals surface area contributed by atoms with Crippen LogP contribution in [-0.4, -0.2) is 31.9 Å². The maximum Gasteiger partial charge on any atom is 0.231 e. The SMILES string of the molecule is Cc1ccc(C(C)NC(=O)CSc2nnnn2C2CC2)o1. The summed E-state index contributed by atoms with van der Waals surface area (Å²) < 4.78 is 7.30. The smallest absolute Gasteiger partial charge is 0.231 e. The molecular weight excluding hydrogens is 290 g/mol. The second-order valence-electron chi connectivity index (χ2n) is 5.16. The van der Waals surface area contributed by atoms with E-state index in [2.05, 4.69) is 20.8 Å². The highest BCUT2D eigenvalue weighted by Gasteiger charge is 2.28. The number of carbonyl (C=O) groups is 1. The second kappa shape index (κ2) is 5.88. The Kier molecular flexibility index (Phi) is 3.96. The molecule has 0 spiro atoms. The molecule has 0 radical (unpaired) electrons. The average Bonchev–Trinajstić information content (AvgIpc) is 3.02. The van der Waals surface area contributed by atoms with Crippen molar-refractivity contribution in [3.05, 3.63) is 23.7 Å². The molecule has 0 saturated heterocycles. The van der Waals surface area contributed by atoms with Crippen molar-refractivity contribution >= 4 is 17.7 Å². The first kappa shape index (κ1) is 14.1. The minimum atomic E-state index is -0.147. The van der Waals surface area contributed by atoms with Crippen LogP contribution in [-0.2, 0) is 4.79 Å². The van der Waals surface area contributed by atoms with Crippen molar-refractivity contribution in [1.29, 1.82) is 0 Å². The summed E-state index contributed by atoms with van der Waals surface area (Å²) in [6.45, 7) is 3.78. The Morgan fingerprint density at radius 1 is 1.57 bits per heavy atom. The van der Waals surface area contributed by atoms with Crippen molar-refractivity contribution in [2.24, 2.45) is 0 Å². The summed E-state index contributed by atoms with van der Waals surface area (Å²) in [6, 6.07) is 4.03. The van der Waals surface area contributed by atoms with Gasteiger partial charge in [-0.3, -0.25) is 4.79 Å². The molecule has 0 aromatic carbocycles. The summed E-state index contributed by atoms with van der Waals surface area (Å²) in [4.78, 5) is 12.0. The molecule has 1 saturated carbocycles. The van der Waals surface area contributed by atoms with Gasteiger partial charge in [-0.15, -0.1) is 5.10 Å². The van der Waals surface area contributed by atoms with Gasteiger partial charge in [0.2, 0.25) is 11.1 Å². The summed E-state index contributed by atoms with van der Waals surface area (Å²) in [5, 5.41) is 15.2. The van der Waals surface area contributed by atoms with Gasteiger partial charge in [-0.1, -0.05) is 11.8 Å². The highest BCUT2D eigenvalue weighted by Crippen LogP contribution is 2.36. The van der Waals surface area contributed by atoms with E-state index < -0.39 is 0 Å². The normalized spacial score (nSPS) is 15.9. The van der Waals surface area contributed by atoms with Crippen LogP contribution in [0.15, 0.2) is 21.7 Å². The maximum atomic E-state index is 12.0. The van der Waals surface area contributed by atoms with Gasteiger partial charge in [-0.2, -0.15) is 0 Å². The molecule has 0 bridgehead atoms. The third kappa shape index (κ3) is 3.44. The number of nitrogens with one attached hydrogen (secondary N) is 1. The van der Waals surface area contributed by atoms with Crippen LogP contribution in [0.4, 0.5) is 0 Å². The van der Waals surface area contributed by atoms with Crippen molar-refractivity contribution in [1.82, 2.24) is 25.5 Å². The lowest BCUT2D eigenvalue weighted by Crippen LogP contribution is -2.28. The molecule has 21 heavy (non-hydrogen) atoms. The van der Waals surface area contributed by atoms with E-state index in [0.717, 1.165) is 24.4 Å². The van der Waals surface area contributed by atoms with Crippen LogP contribution < -0.4 is 5.32 Å². The van der Waals surface area contributed by atoms with E-state index >= 15 is 0 Å². The predicted molar refractivity (Wildman–Crippen MR) is 76.8 cm³/mol. The molecule has 1 fully saturated rings. The Morgan fingerprint density at radius 3 is 3.05 bits per heavy atom. The third-order valence-electron chi connectivity index (χ3n) is 3.25. The summed E-state index contributed by atoms with van der Waals surface area (Å²) in [6.07, 6.45) is 2.22. The predicted octanol–water partition coefficient (Wildman–Crippen LogP) is 1.88. The molecule has 7 nitrogen and oxygen atoms in total. The number of amides is 1. The topological polar surface area (TPSA) is 85.8 Å². The maximum absolute atomic E-state index is 12.0. The second-order valence-corrected chi connectivity index (χ2v) is 6.11. The monoisotopic (exact) mass is 307 g/mol. The van der Waals surface area contributed by atoms with E-state index in [-0.39, 0.29) is 17.7 Å². The number of hydrogen-bond acceptors (Lipinski definition) is 6. The van der Waals surface area contributed by atoms with E-state index in [4.69, 9.17) is 4.42 Å². The lowest BCUT2D eigenvalue weighted by molar-refractivity contribution is -0.119. The summed E-state index contributed by atoms with van der Waals surface area (Å²) >= 11 is 1.36. The van der Waals surface area contributed by atoms with E-state index in [1.54, 1.807) is 4.68 Å². The molecule has 0 aliphatic heterocycles. The largest absolute Gasteiger partial charge is 0.464 e. The molecule has 1 aliphatic rings. The standard InChI is InChI=1S/C13H17N5O2S/c1-8-3-6-11(20-8)9(2)14-12(19)7-21-13-15-16-17-18(13)10-4-5-10/h3,6,9-10H,4-5,7H2,1-2H3,(H,14,19). The van der Waals surface area contributed by atoms with Crippen molar-refractivity contribution < 1.29 is 9.21 Å². The van der Waals surface area contributed by atoms with Gasteiger partial charge in [0.15, 0.2) is 0 Å². The lowest BCUT2D eigenvalue weighted by atomic mass is 10.2. The van der Waals surface area contributed by atoms with E-state index in [0.29, 0.717) is 11.2 Å². The van der Waals surface area contributed by atoms with E-state index in [9.17, 15) is 4.79 Å². The number of aryl methyl sites for hydroxylation is 1. The van der Waals surface area contributed by atoms with E-state index in [1.165, 1.54) is 11.8 Å². The molecule has 2 heterocycles. The molecule has 2 aromatic heterocycles. The molecule has 1 unspecified atom stereocenters. The molecule has 8 heteroatoms. The van der Waals surface area contributed by atoms with Crippen LogP contribution in [0, 0.1) is 6.92 Å². The highest BCUT2D eigenvalue weighted by molar-refractivity contribution is 7.99. The van der Waals surface area contributed by atoms with Gasteiger partial charge in [0.05, 0.1) is 17.8 Å². The summed E-state index contributed by atoms with van der Waals surface area (Å²) in [7, 11) is 0. The number of hydrogen-bond donors (Lipinski definition) is 1. The average molecular weight is 307 g/mol. The van der Waals surface area contributed by atoms with E-state index in [1.807, 2.05) is 26.0 Å². The zero-order chi connectivity index (χ0) is 14.8. The zero-order valence-electron chi connectivity index (χ0n) is 11.9. The number of nitrogens with zero attached hydrogens (tertiary/aromatic N) is 4. The minimum absolute atomic E-state index is 0.0631. The first-order chi connectivity index (χ1) is 10.1. The van der Waals surface area contributed by atoms with Crippen molar-refractivity contribution in [3.8, 4) is 0 Å². The number of thioether (sulfide) groups is 1. The fourth-order valence-corrected chi connectivity index (χ4v) is 2.75. The van der Waals surface area contributed by atoms with Crippen molar-refractivity contribution in [3.63, 3.8) is 0 Å². The Bertz CT molecular complexity index is 634. The van der Waals surface area contributed by atoms with Crippen molar-refractivity contribution in [2.75, 3.05) is 5.75 Å². The minimum Gasteiger partial charge on any atom is -0.464 e. The lowest BCUT2D eigenvalue weighted by Gasteiger charge is -2.11. The molecule has 1 N–H and O–H groups in total. The highest BCUT2D eigenvalue weighted by atomic mass is 32.2. The molecule has 112 valence electrons. The van der Waals surface area contributed by atoms with Crippen LogP contribution in [0.1, 0.15) is 43.4 Å². The van der Waals surface area contributed by atoms with Gasteiger partial charge in [0.25, 0.3) is 0 Å². The Morgan fingerprint density at radius 2 is 2.38 bits per heavy atom. The molecular formula is C13H17N5O2S. The Hall–Kier alpha value is -1.83. The molecule has 3 rings (SSSR count).